The van der Waals surface area contributed by atoms with E-state index in [-0.39, 0.29) is 5.91 Å². The van der Waals surface area contributed by atoms with Gasteiger partial charge in [-0.3, -0.25) is 9.69 Å². The number of carbonyl (C=O) groups excluding carboxylic acids is 1. The van der Waals surface area contributed by atoms with Crippen molar-refractivity contribution >= 4 is 17.3 Å². The number of carbonyl (C=O) groups is 1. The molecule has 0 aromatic heterocycles. The SMILES string of the molecule is Cc1c(N)cccc1NC(=O)C(C)N(C)CC(F)F. The van der Waals surface area contributed by atoms with Gasteiger partial charge in [-0.25, -0.2) is 8.78 Å². The van der Waals surface area contributed by atoms with E-state index in [2.05, 4.69) is 5.32 Å². The van der Waals surface area contributed by atoms with Crippen molar-refractivity contribution in [1.29, 1.82) is 0 Å². The van der Waals surface area contributed by atoms with Crippen LogP contribution in [0.1, 0.15) is 12.5 Å². The van der Waals surface area contributed by atoms with Gasteiger partial charge in [0.1, 0.15) is 0 Å². The summed E-state index contributed by atoms with van der Waals surface area (Å²) >= 11 is 0. The normalized spacial score (nSPS) is 12.8. The van der Waals surface area contributed by atoms with Gasteiger partial charge in [0.05, 0.1) is 12.6 Å². The van der Waals surface area contributed by atoms with E-state index in [4.69, 9.17) is 5.73 Å². The molecular weight excluding hydrogens is 252 g/mol. The van der Waals surface area contributed by atoms with Gasteiger partial charge in [0.15, 0.2) is 0 Å². The third kappa shape index (κ3) is 4.17. The van der Waals surface area contributed by atoms with Gasteiger partial charge < -0.3 is 11.1 Å². The van der Waals surface area contributed by atoms with Crippen LogP contribution in [0.25, 0.3) is 0 Å². The predicted octanol–water partition coefficient (Wildman–Crippen LogP) is 2.10. The number of nitrogens with one attached hydrogen (secondary N) is 1. The fourth-order valence-corrected chi connectivity index (χ4v) is 1.60. The number of alkyl halides is 2. The first kappa shape index (κ1) is 15.4. The second-order valence-electron chi connectivity index (χ2n) is 4.52. The number of benzene rings is 1. The van der Waals surface area contributed by atoms with Crippen molar-refractivity contribution in [2.75, 3.05) is 24.6 Å². The van der Waals surface area contributed by atoms with E-state index in [9.17, 15) is 13.6 Å². The molecule has 0 aliphatic heterocycles. The molecule has 106 valence electrons. The summed E-state index contributed by atoms with van der Waals surface area (Å²) in [5, 5.41) is 2.70. The molecule has 1 aromatic carbocycles. The van der Waals surface area contributed by atoms with Crippen molar-refractivity contribution in [3.8, 4) is 0 Å². The number of nitrogens with two attached hydrogens (primary N) is 1. The summed E-state index contributed by atoms with van der Waals surface area (Å²) in [6.07, 6.45) is -2.46. The molecule has 0 aliphatic rings. The van der Waals surface area contributed by atoms with E-state index < -0.39 is 19.0 Å². The Labute approximate surface area is 111 Å². The Kier molecular flexibility index (Phi) is 5.23. The van der Waals surface area contributed by atoms with Crippen LogP contribution in [0, 0.1) is 6.92 Å². The highest BCUT2D eigenvalue weighted by Gasteiger charge is 2.21. The summed E-state index contributed by atoms with van der Waals surface area (Å²) in [4.78, 5) is 13.3. The molecule has 0 fully saturated rings. The first-order chi connectivity index (χ1) is 8.82. The molecule has 0 aliphatic carbocycles. The Morgan fingerprint density at radius 1 is 1.47 bits per heavy atom. The highest BCUT2D eigenvalue weighted by molar-refractivity contribution is 5.95. The van der Waals surface area contributed by atoms with Crippen molar-refractivity contribution in [2.45, 2.75) is 26.3 Å². The van der Waals surface area contributed by atoms with Crippen molar-refractivity contribution < 1.29 is 13.6 Å². The molecule has 1 unspecified atom stereocenters. The largest absolute Gasteiger partial charge is 0.398 e. The number of nitrogens with zero attached hydrogens (tertiary/aromatic N) is 1. The molecule has 3 N–H and O–H groups in total. The molecule has 0 radical (unpaired) electrons. The van der Waals surface area contributed by atoms with Crippen LogP contribution in [-0.2, 0) is 4.79 Å². The number of likely N-dealkylation sites (N-methyl/N-ethyl adjacent to an activating group) is 1. The van der Waals surface area contributed by atoms with Crippen LogP contribution in [-0.4, -0.2) is 36.9 Å². The van der Waals surface area contributed by atoms with E-state index in [1.807, 2.05) is 0 Å². The second kappa shape index (κ2) is 6.47. The maximum Gasteiger partial charge on any atom is 0.251 e. The minimum Gasteiger partial charge on any atom is -0.398 e. The quantitative estimate of drug-likeness (QED) is 0.806. The van der Waals surface area contributed by atoms with Crippen LogP contribution in [0.15, 0.2) is 18.2 Å². The van der Waals surface area contributed by atoms with E-state index in [0.29, 0.717) is 11.4 Å². The number of hydrogen-bond donors (Lipinski definition) is 2. The van der Waals surface area contributed by atoms with Gasteiger partial charge in [0.2, 0.25) is 5.91 Å². The van der Waals surface area contributed by atoms with Crippen molar-refractivity contribution in [2.24, 2.45) is 0 Å². The monoisotopic (exact) mass is 271 g/mol. The Morgan fingerprint density at radius 3 is 2.68 bits per heavy atom. The molecule has 4 nitrogen and oxygen atoms in total. The third-order valence-electron chi connectivity index (χ3n) is 3.10. The lowest BCUT2D eigenvalue weighted by Crippen LogP contribution is -2.41. The molecule has 1 aromatic rings. The minimum absolute atomic E-state index is 0.336. The molecule has 0 spiro atoms. The van der Waals surface area contributed by atoms with E-state index in [0.717, 1.165) is 5.56 Å². The lowest BCUT2D eigenvalue weighted by Gasteiger charge is -2.23. The van der Waals surface area contributed by atoms with Crippen molar-refractivity contribution in [3.05, 3.63) is 23.8 Å². The van der Waals surface area contributed by atoms with E-state index in [1.165, 1.54) is 11.9 Å². The molecule has 1 atom stereocenters. The van der Waals surface area contributed by atoms with Gasteiger partial charge in [-0.2, -0.15) is 0 Å². The molecule has 1 rings (SSSR count). The Bertz CT molecular complexity index is 452. The first-order valence-electron chi connectivity index (χ1n) is 5.97. The summed E-state index contributed by atoms with van der Waals surface area (Å²) in [6, 6.07) is 4.54. The number of anilines is 2. The molecule has 0 saturated heterocycles. The van der Waals surface area contributed by atoms with Crippen molar-refractivity contribution in [1.82, 2.24) is 4.90 Å². The zero-order valence-corrected chi connectivity index (χ0v) is 11.3. The summed E-state index contributed by atoms with van der Waals surface area (Å²) in [5.74, 6) is -0.336. The molecule has 19 heavy (non-hydrogen) atoms. The Morgan fingerprint density at radius 2 is 2.11 bits per heavy atom. The molecule has 1 amide bonds. The van der Waals surface area contributed by atoms with Gasteiger partial charge in [0, 0.05) is 11.4 Å². The van der Waals surface area contributed by atoms with Gasteiger partial charge >= 0.3 is 0 Å². The molecule has 0 bridgehead atoms. The zero-order valence-electron chi connectivity index (χ0n) is 11.3. The summed E-state index contributed by atoms with van der Waals surface area (Å²) in [6.45, 7) is 2.93. The van der Waals surface area contributed by atoms with Crippen LogP contribution in [0.4, 0.5) is 20.2 Å². The fourth-order valence-electron chi connectivity index (χ4n) is 1.60. The third-order valence-corrected chi connectivity index (χ3v) is 3.10. The van der Waals surface area contributed by atoms with Crippen LogP contribution in [0.2, 0.25) is 0 Å². The average molecular weight is 271 g/mol. The van der Waals surface area contributed by atoms with Crippen molar-refractivity contribution in [3.63, 3.8) is 0 Å². The van der Waals surface area contributed by atoms with Gasteiger partial charge in [0.25, 0.3) is 6.43 Å². The molecule has 0 heterocycles. The Hall–Kier alpha value is -1.69. The summed E-state index contributed by atoms with van der Waals surface area (Å²) < 4.78 is 24.5. The van der Waals surface area contributed by atoms with Crippen LogP contribution in [0.5, 0.6) is 0 Å². The number of amides is 1. The highest BCUT2D eigenvalue weighted by Crippen LogP contribution is 2.20. The lowest BCUT2D eigenvalue weighted by atomic mass is 10.1. The first-order valence-corrected chi connectivity index (χ1v) is 5.97. The maximum atomic E-state index is 12.3. The molecule has 0 saturated carbocycles. The lowest BCUT2D eigenvalue weighted by molar-refractivity contribution is -0.120. The smallest absolute Gasteiger partial charge is 0.251 e. The van der Waals surface area contributed by atoms with Crippen LogP contribution in [0.3, 0.4) is 0 Å². The second-order valence-corrected chi connectivity index (χ2v) is 4.52. The van der Waals surface area contributed by atoms with Gasteiger partial charge in [-0.1, -0.05) is 6.07 Å². The van der Waals surface area contributed by atoms with Gasteiger partial charge in [-0.15, -0.1) is 0 Å². The Balaban J connectivity index is 2.71. The fraction of sp³-hybridized carbons (Fsp3) is 0.462. The number of hydrogen-bond acceptors (Lipinski definition) is 3. The average Bonchev–Trinajstić information content (AvgIpc) is 2.33. The zero-order chi connectivity index (χ0) is 14.6. The van der Waals surface area contributed by atoms with E-state index in [1.54, 1.807) is 32.0 Å². The van der Waals surface area contributed by atoms with Crippen LogP contribution < -0.4 is 11.1 Å². The standard InChI is InChI=1S/C13H19F2N3O/c1-8-10(16)5-4-6-11(8)17-13(19)9(2)18(3)7-12(14)15/h4-6,9,12H,7,16H2,1-3H3,(H,17,19). The number of rotatable bonds is 5. The van der Waals surface area contributed by atoms with E-state index >= 15 is 0 Å². The number of halogens is 2. The summed E-state index contributed by atoms with van der Waals surface area (Å²) in [7, 11) is 1.49. The molecule has 6 heteroatoms. The summed E-state index contributed by atoms with van der Waals surface area (Å²) in [5.41, 5.74) is 7.68. The highest BCUT2D eigenvalue weighted by atomic mass is 19.3. The number of nitrogen functional groups attached to an aromatic ring is 1. The van der Waals surface area contributed by atoms with Gasteiger partial charge in [-0.05, 0) is 38.6 Å². The minimum atomic E-state index is -2.46. The topological polar surface area (TPSA) is 58.4 Å². The van der Waals surface area contributed by atoms with Crippen LogP contribution >= 0.6 is 0 Å². The molecular formula is C13H19F2N3O. The predicted molar refractivity (Wildman–Crippen MR) is 72.3 cm³/mol. The maximum absolute atomic E-state index is 12.3.